The predicted octanol–water partition coefficient (Wildman–Crippen LogP) is -0.419. The van der Waals surface area contributed by atoms with Crippen molar-refractivity contribution in [2.75, 3.05) is 33.7 Å². The molecular formula is C11H21N3O2. The van der Waals surface area contributed by atoms with Crippen LogP contribution in [0.25, 0.3) is 0 Å². The summed E-state index contributed by atoms with van der Waals surface area (Å²) in [5.41, 5.74) is 0. The van der Waals surface area contributed by atoms with Gasteiger partial charge in [0.2, 0.25) is 11.8 Å². The number of unbranched alkanes of at least 4 members (excludes halogenated alkanes) is 1. The fourth-order valence-corrected chi connectivity index (χ4v) is 1.70. The molecule has 0 aromatic carbocycles. The van der Waals surface area contributed by atoms with Gasteiger partial charge in [-0.2, -0.15) is 0 Å². The number of amides is 2. The summed E-state index contributed by atoms with van der Waals surface area (Å²) in [7, 11) is 4.07. The largest absolute Gasteiger partial charge is 0.356 e. The Bertz CT molecular complexity index is 254. The molecule has 0 aromatic rings. The summed E-state index contributed by atoms with van der Waals surface area (Å²) in [6, 6.07) is 0. The lowest BCUT2D eigenvalue weighted by Gasteiger charge is -2.11. The van der Waals surface area contributed by atoms with E-state index < -0.39 is 0 Å². The summed E-state index contributed by atoms with van der Waals surface area (Å²) < 4.78 is 0. The molecule has 0 radical (unpaired) electrons. The highest BCUT2D eigenvalue weighted by Crippen LogP contribution is 2.08. The molecule has 5 heteroatoms. The Labute approximate surface area is 96.6 Å². The van der Waals surface area contributed by atoms with Crippen LogP contribution < -0.4 is 10.6 Å². The lowest BCUT2D eigenvalue weighted by Crippen LogP contribution is -2.32. The Morgan fingerprint density at radius 3 is 2.81 bits per heavy atom. The van der Waals surface area contributed by atoms with Crippen LogP contribution in [-0.2, 0) is 9.59 Å². The van der Waals surface area contributed by atoms with Crippen molar-refractivity contribution in [3.8, 4) is 0 Å². The number of carbonyl (C=O) groups is 2. The molecule has 1 heterocycles. The highest BCUT2D eigenvalue weighted by atomic mass is 16.2. The van der Waals surface area contributed by atoms with Crippen LogP contribution in [0.4, 0.5) is 0 Å². The van der Waals surface area contributed by atoms with Crippen LogP contribution in [0, 0.1) is 5.92 Å². The molecule has 1 atom stereocenters. The molecule has 1 saturated heterocycles. The second kappa shape index (κ2) is 6.48. The second-order valence-corrected chi connectivity index (χ2v) is 4.51. The van der Waals surface area contributed by atoms with Gasteiger partial charge in [-0.25, -0.2) is 0 Å². The highest BCUT2D eigenvalue weighted by molar-refractivity contribution is 5.89. The van der Waals surface area contributed by atoms with Crippen molar-refractivity contribution in [3.63, 3.8) is 0 Å². The Morgan fingerprint density at radius 1 is 1.50 bits per heavy atom. The van der Waals surface area contributed by atoms with Crippen LogP contribution in [0.2, 0.25) is 0 Å². The van der Waals surface area contributed by atoms with Crippen molar-refractivity contribution in [2.24, 2.45) is 5.92 Å². The predicted molar refractivity (Wildman–Crippen MR) is 61.9 cm³/mol. The maximum atomic E-state index is 11.6. The van der Waals surface area contributed by atoms with E-state index in [4.69, 9.17) is 0 Å². The zero-order valence-corrected chi connectivity index (χ0v) is 10.1. The van der Waals surface area contributed by atoms with Gasteiger partial charge >= 0.3 is 0 Å². The summed E-state index contributed by atoms with van der Waals surface area (Å²) in [4.78, 5) is 24.6. The fourth-order valence-electron chi connectivity index (χ4n) is 1.70. The molecular weight excluding hydrogens is 206 g/mol. The van der Waals surface area contributed by atoms with Gasteiger partial charge < -0.3 is 15.5 Å². The Kier molecular flexibility index (Phi) is 5.25. The van der Waals surface area contributed by atoms with Crippen molar-refractivity contribution < 1.29 is 9.59 Å². The number of hydrogen-bond acceptors (Lipinski definition) is 3. The minimum Gasteiger partial charge on any atom is -0.356 e. The lowest BCUT2D eigenvalue weighted by molar-refractivity contribution is -0.126. The van der Waals surface area contributed by atoms with Gasteiger partial charge in [0.05, 0.1) is 5.92 Å². The van der Waals surface area contributed by atoms with Crippen molar-refractivity contribution in [1.82, 2.24) is 15.5 Å². The zero-order chi connectivity index (χ0) is 12.0. The molecule has 16 heavy (non-hydrogen) atoms. The highest BCUT2D eigenvalue weighted by Gasteiger charge is 2.27. The third kappa shape index (κ3) is 4.61. The van der Waals surface area contributed by atoms with Crippen LogP contribution in [0.15, 0.2) is 0 Å². The van der Waals surface area contributed by atoms with Crippen LogP contribution in [0.1, 0.15) is 19.3 Å². The monoisotopic (exact) mass is 227 g/mol. The van der Waals surface area contributed by atoms with Crippen LogP contribution in [0.3, 0.4) is 0 Å². The lowest BCUT2D eigenvalue weighted by atomic mass is 10.1. The number of carbonyl (C=O) groups excluding carboxylic acids is 2. The van der Waals surface area contributed by atoms with Crippen LogP contribution >= 0.6 is 0 Å². The summed E-state index contributed by atoms with van der Waals surface area (Å²) in [5, 5.41) is 5.53. The molecule has 5 nitrogen and oxygen atoms in total. The maximum absolute atomic E-state index is 11.6. The smallest absolute Gasteiger partial charge is 0.225 e. The van der Waals surface area contributed by atoms with Gasteiger partial charge in [-0.1, -0.05) is 0 Å². The van der Waals surface area contributed by atoms with Gasteiger partial charge in [-0.15, -0.1) is 0 Å². The maximum Gasteiger partial charge on any atom is 0.225 e. The molecule has 2 N–H and O–H groups in total. The minimum atomic E-state index is -0.165. The van der Waals surface area contributed by atoms with Crippen molar-refractivity contribution in [3.05, 3.63) is 0 Å². The van der Waals surface area contributed by atoms with Gasteiger partial charge in [0.1, 0.15) is 0 Å². The minimum absolute atomic E-state index is 0.00297. The molecule has 0 saturated carbocycles. The van der Waals surface area contributed by atoms with Crippen molar-refractivity contribution in [2.45, 2.75) is 19.3 Å². The van der Waals surface area contributed by atoms with E-state index in [1.807, 2.05) is 14.1 Å². The number of nitrogens with zero attached hydrogens (tertiary/aromatic N) is 1. The molecule has 1 aliphatic heterocycles. The third-order valence-corrected chi connectivity index (χ3v) is 2.68. The first kappa shape index (κ1) is 13.0. The molecule has 1 fully saturated rings. The third-order valence-electron chi connectivity index (χ3n) is 2.68. The number of rotatable bonds is 6. The van der Waals surface area contributed by atoms with E-state index in [1.54, 1.807) is 0 Å². The fraction of sp³-hybridized carbons (Fsp3) is 0.818. The Balaban J connectivity index is 2.04. The Hall–Kier alpha value is -1.10. The van der Waals surface area contributed by atoms with E-state index >= 15 is 0 Å². The molecule has 0 aromatic heterocycles. The van der Waals surface area contributed by atoms with Gasteiger partial charge in [-0.3, -0.25) is 9.59 Å². The van der Waals surface area contributed by atoms with E-state index in [-0.39, 0.29) is 17.7 Å². The molecule has 1 rings (SSSR count). The van der Waals surface area contributed by atoms with Gasteiger partial charge in [0.15, 0.2) is 0 Å². The molecule has 0 aliphatic carbocycles. The zero-order valence-electron chi connectivity index (χ0n) is 10.1. The molecule has 0 bridgehead atoms. The van der Waals surface area contributed by atoms with Gasteiger partial charge in [0, 0.05) is 19.5 Å². The molecule has 2 amide bonds. The first-order valence-electron chi connectivity index (χ1n) is 5.78. The normalized spacial score (nSPS) is 19.9. The summed E-state index contributed by atoms with van der Waals surface area (Å²) in [6.45, 7) is 2.24. The number of nitrogens with one attached hydrogen (secondary N) is 2. The van der Waals surface area contributed by atoms with Gasteiger partial charge in [0.25, 0.3) is 0 Å². The second-order valence-electron chi connectivity index (χ2n) is 4.51. The standard InChI is InChI=1S/C11H21N3O2/c1-14(2)6-4-3-5-12-11(16)9-7-10(15)13-8-9/h9H,3-8H2,1-2H3,(H,12,16)(H,13,15). The van der Waals surface area contributed by atoms with Crippen molar-refractivity contribution in [1.29, 1.82) is 0 Å². The first-order chi connectivity index (χ1) is 7.59. The topological polar surface area (TPSA) is 61.4 Å². The van der Waals surface area contributed by atoms with E-state index in [0.717, 1.165) is 19.4 Å². The average Bonchev–Trinajstić information content (AvgIpc) is 2.63. The molecule has 1 aliphatic rings. The first-order valence-corrected chi connectivity index (χ1v) is 5.78. The van der Waals surface area contributed by atoms with E-state index in [1.165, 1.54) is 0 Å². The quantitative estimate of drug-likeness (QED) is 0.606. The summed E-state index contributed by atoms with van der Waals surface area (Å²) in [6.07, 6.45) is 2.40. The van der Waals surface area contributed by atoms with E-state index in [2.05, 4.69) is 15.5 Å². The molecule has 1 unspecified atom stereocenters. The summed E-state index contributed by atoms with van der Waals surface area (Å²) in [5.74, 6) is -0.183. The molecule has 92 valence electrons. The van der Waals surface area contributed by atoms with Crippen molar-refractivity contribution >= 4 is 11.8 Å². The number of hydrogen-bond donors (Lipinski definition) is 2. The molecule has 0 spiro atoms. The van der Waals surface area contributed by atoms with Gasteiger partial charge in [-0.05, 0) is 33.5 Å². The summed E-state index contributed by atoms with van der Waals surface area (Å²) >= 11 is 0. The Morgan fingerprint density at radius 2 is 2.25 bits per heavy atom. The van der Waals surface area contributed by atoms with E-state index in [0.29, 0.717) is 19.5 Å². The SMILES string of the molecule is CN(C)CCCCNC(=O)C1CNC(=O)C1. The van der Waals surface area contributed by atoms with E-state index in [9.17, 15) is 9.59 Å². The average molecular weight is 227 g/mol. The van der Waals surface area contributed by atoms with Crippen LogP contribution in [-0.4, -0.2) is 50.4 Å². The van der Waals surface area contributed by atoms with Crippen LogP contribution in [0.5, 0.6) is 0 Å².